The number of urea groups is 1. The van der Waals surface area contributed by atoms with Gasteiger partial charge in [-0.1, -0.05) is 20.3 Å². The third-order valence-electron chi connectivity index (χ3n) is 8.83. The first-order valence-electron chi connectivity index (χ1n) is 12.4. The number of fused-ring (bicyclic) bond motifs is 3. The van der Waals surface area contributed by atoms with Crippen LogP contribution in [0.25, 0.3) is 11.2 Å². The number of nitrogens with two attached hydrogens (primary N) is 1. The lowest BCUT2D eigenvalue weighted by atomic mass is 9.93. The molecular weight excluding hydrogens is 502 g/mol. The quantitative estimate of drug-likeness (QED) is 0.188. The molecule has 37 heavy (non-hydrogen) atoms. The van der Waals surface area contributed by atoms with E-state index in [1.54, 1.807) is 13.8 Å². The fraction of sp³-hybridized carbons (Fsp3) is 0.696. The molecule has 2 aromatic rings. The molecule has 0 radical (unpaired) electrons. The van der Waals surface area contributed by atoms with Crippen molar-refractivity contribution < 1.29 is 29.6 Å². The second-order valence-electron chi connectivity index (χ2n) is 10.9. The van der Waals surface area contributed by atoms with E-state index in [4.69, 9.17) is 10.5 Å². The van der Waals surface area contributed by atoms with Crippen molar-refractivity contribution in [3.63, 3.8) is 0 Å². The molecule has 14 heteroatoms. The van der Waals surface area contributed by atoms with Gasteiger partial charge in [0, 0.05) is 22.8 Å². The molecule has 7 N–H and O–H groups in total. The molecule has 200 valence electrons. The molecule has 2 amide bonds. The summed E-state index contributed by atoms with van der Waals surface area (Å²) in [6, 6.07) is 0.121. The van der Waals surface area contributed by atoms with Crippen LogP contribution in [0, 0.1) is 5.41 Å². The van der Waals surface area contributed by atoms with Gasteiger partial charge in [0.25, 0.3) is 0 Å². The van der Waals surface area contributed by atoms with Gasteiger partial charge in [0.2, 0.25) is 0 Å². The maximum atomic E-state index is 13.0. The summed E-state index contributed by atoms with van der Waals surface area (Å²) in [5, 5.41) is 40.3. The van der Waals surface area contributed by atoms with Crippen molar-refractivity contribution in [2.24, 2.45) is 5.41 Å². The number of ether oxygens (including phenoxy) is 1. The number of amides is 2. The molecule has 6 rings (SSSR count). The number of Topliss-reactive ketones (excluding diaryl/α,β-unsaturated/α-hetero) is 1. The van der Waals surface area contributed by atoms with E-state index in [1.165, 1.54) is 17.2 Å². The average molecular weight is 534 g/mol. The predicted molar refractivity (Wildman–Crippen MR) is 132 cm³/mol. The molecule has 8 atom stereocenters. The minimum atomic E-state index is -1.86. The molecule has 1 aliphatic carbocycles. The fourth-order valence-electron chi connectivity index (χ4n) is 6.52. The second kappa shape index (κ2) is 8.24. The minimum absolute atomic E-state index is 0.103. The molecule has 1 saturated carbocycles. The number of aliphatic hydroxyl groups is 3. The zero-order valence-corrected chi connectivity index (χ0v) is 21.3. The molecule has 0 spiro atoms. The summed E-state index contributed by atoms with van der Waals surface area (Å²) < 4.78 is 7.44. The first kappa shape index (κ1) is 24.8. The summed E-state index contributed by atoms with van der Waals surface area (Å²) in [6.45, 7) is 3.33. The van der Waals surface area contributed by atoms with Crippen LogP contribution in [0.3, 0.4) is 0 Å². The zero-order valence-electron chi connectivity index (χ0n) is 20.5. The van der Waals surface area contributed by atoms with Crippen LogP contribution in [-0.4, -0.2) is 93.1 Å². The number of aromatic nitrogens is 4. The highest BCUT2D eigenvalue weighted by atomic mass is 32.2. The van der Waals surface area contributed by atoms with Gasteiger partial charge in [-0.2, -0.15) is 11.8 Å². The average Bonchev–Trinajstić information content (AvgIpc) is 3.48. The first-order valence-corrected chi connectivity index (χ1v) is 13.5. The fourth-order valence-corrected chi connectivity index (χ4v) is 8.06. The van der Waals surface area contributed by atoms with Crippen molar-refractivity contribution in [3.8, 4) is 0 Å². The Morgan fingerprint density at radius 2 is 2.05 bits per heavy atom. The lowest BCUT2D eigenvalue weighted by Gasteiger charge is -2.29. The van der Waals surface area contributed by atoms with Crippen molar-refractivity contribution in [3.05, 3.63) is 12.7 Å². The number of aliphatic hydroxyl groups excluding tert-OH is 1. The Morgan fingerprint density at radius 3 is 2.84 bits per heavy atom. The molecule has 2 aromatic heterocycles. The first-order chi connectivity index (χ1) is 17.5. The number of carbonyl (C=O) groups excluding carboxylic acids is 2. The van der Waals surface area contributed by atoms with Crippen LogP contribution < -0.4 is 16.4 Å². The van der Waals surface area contributed by atoms with Gasteiger partial charge >= 0.3 is 6.03 Å². The topological polar surface area (TPSA) is 198 Å². The van der Waals surface area contributed by atoms with Crippen LogP contribution in [0.5, 0.6) is 0 Å². The van der Waals surface area contributed by atoms with Crippen molar-refractivity contribution in [1.29, 1.82) is 0 Å². The van der Waals surface area contributed by atoms with Crippen LogP contribution in [0.1, 0.15) is 45.8 Å². The van der Waals surface area contributed by atoms with Crippen molar-refractivity contribution >= 4 is 40.6 Å². The van der Waals surface area contributed by atoms with E-state index in [0.29, 0.717) is 17.6 Å². The monoisotopic (exact) mass is 533 g/mol. The molecule has 13 nitrogen and oxygen atoms in total. The van der Waals surface area contributed by atoms with Crippen molar-refractivity contribution in [1.82, 2.24) is 30.2 Å². The van der Waals surface area contributed by atoms with E-state index < -0.39 is 40.8 Å². The number of thioether (sulfide) groups is 1. The van der Waals surface area contributed by atoms with Gasteiger partial charge in [-0.05, 0) is 12.8 Å². The summed E-state index contributed by atoms with van der Waals surface area (Å²) >= 11 is 1.81. The Hall–Kier alpha value is -2.52. The molecule has 4 fully saturated rings. The largest absolute Gasteiger partial charge is 0.383 e. The summed E-state index contributed by atoms with van der Waals surface area (Å²) in [4.78, 5) is 36.8. The van der Waals surface area contributed by atoms with E-state index in [-0.39, 0.29) is 35.6 Å². The van der Waals surface area contributed by atoms with Crippen LogP contribution in [0.15, 0.2) is 12.7 Å². The highest BCUT2D eigenvalue weighted by Gasteiger charge is 2.93. The Kier molecular flexibility index (Phi) is 5.52. The van der Waals surface area contributed by atoms with Crippen LogP contribution in [0.2, 0.25) is 0 Å². The lowest BCUT2D eigenvalue weighted by molar-refractivity contribution is -0.160. The maximum Gasteiger partial charge on any atom is 0.315 e. The van der Waals surface area contributed by atoms with Crippen molar-refractivity contribution in [2.45, 2.75) is 86.5 Å². The third-order valence-corrected chi connectivity index (χ3v) is 10.3. The van der Waals surface area contributed by atoms with Gasteiger partial charge in [0.15, 0.2) is 23.5 Å². The number of imidazole rings is 1. The summed E-state index contributed by atoms with van der Waals surface area (Å²) in [6.07, 6.45) is 0.786. The number of nitrogens with zero attached hydrogens (tertiary/aromatic N) is 4. The van der Waals surface area contributed by atoms with Crippen LogP contribution in [0.4, 0.5) is 10.6 Å². The molecule has 0 bridgehead atoms. The smallest absolute Gasteiger partial charge is 0.315 e. The van der Waals surface area contributed by atoms with Crippen LogP contribution in [-0.2, 0) is 9.53 Å². The number of unbranched alkanes of at least 4 members (excludes halogenated alkanes) is 1. The number of nitrogens with one attached hydrogen (secondary N) is 2. The second-order valence-corrected chi connectivity index (χ2v) is 12.2. The predicted octanol–water partition coefficient (Wildman–Crippen LogP) is -0.536. The Morgan fingerprint density at radius 1 is 1.27 bits per heavy atom. The number of hydrogen-bond acceptors (Lipinski definition) is 11. The van der Waals surface area contributed by atoms with Gasteiger partial charge in [-0.15, -0.1) is 0 Å². The highest BCUT2D eigenvalue weighted by Crippen LogP contribution is 2.76. The van der Waals surface area contributed by atoms with Gasteiger partial charge in [0.1, 0.15) is 35.3 Å². The number of anilines is 1. The van der Waals surface area contributed by atoms with Crippen LogP contribution >= 0.6 is 11.8 Å². The van der Waals surface area contributed by atoms with E-state index in [2.05, 4.69) is 25.6 Å². The number of hydrogen-bond donors (Lipinski definition) is 6. The van der Waals surface area contributed by atoms with E-state index in [0.717, 1.165) is 18.6 Å². The van der Waals surface area contributed by atoms with Gasteiger partial charge < -0.3 is 36.4 Å². The Bertz CT molecular complexity index is 1270. The van der Waals surface area contributed by atoms with Gasteiger partial charge in [-0.3, -0.25) is 9.36 Å². The molecule has 1 unspecified atom stereocenters. The molecule has 0 aromatic carbocycles. The zero-order chi connectivity index (χ0) is 26.3. The number of ketones is 1. The minimum Gasteiger partial charge on any atom is -0.383 e. The molecule has 5 heterocycles. The highest BCUT2D eigenvalue weighted by molar-refractivity contribution is 8.00. The van der Waals surface area contributed by atoms with Gasteiger partial charge in [-0.25, -0.2) is 19.7 Å². The van der Waals surface area contributed by atoms with E-state index >= 15 is 0 Å². The third kappa shape index (κ3) is 3.22. The Labute approximate surface area is 216 Å². The number of nitrogen functional groups attached to an aromatic ring is 1. The SMILES string of the molecule is CC1(C)[C@]2(O)[C@H](n3cnc4c(N)ncnc43)O[C@H](C(O)C(=O)CCCC[C@@H]3SC[C@@H]4NC(=O)N[C@@H]43)[C@]12O. The normalized spacial score (nSPS) is 38.2. The number of carbonyl (C=O) groups is 2. The van der Waals surface area contributed by atoms with Gasteiger partial charge in [0.05, 0.1) is 18.4 Å². The van der Waals surface area contributed by atoms with Crippen molar-refractivity contribution in [2.75, 3.05) is 11.5 Å². The number of rotatable bonds is 8. The molecule has 4 aliphatic rings. The molecular formula is C23H31N7O6S. The molecule has 3 saturated heterocycles. The summed E-state index contributed by atoms with van der Waals surface area (Å²) in [5.74, 6) is 0.566. The molecule has 3 aliphatic heterocycles. The maximum absolute atomic E-state index is 13.0. The standard InChI is InChI=1S/C23H31N7O6S/c1-21(2)22(34)16(36-19(23(21,22)35)30-9-27-14-17(24)25-8-26-18(14)30)15(32)11(31)5-3-4-6-12-13-10(7-37-12)28-20(33)29-13/h8-10,12-13,15-16,19,32,34-35H,3-7H2,1-2H3,(H2,24,25,26)(H2,28,29,33)/t10-,12-,13-,15?,16+,19+,22-,23+/m0/s1. The summed E-state index contributed by atoms with van der Waals surface area (Å²) in [5.41, 5.74) is 1.76. The van der Waals surface area contributed by atoms with E-state index in [1.807, 2.05) is 11.8 Å². The Balaban J connectivity index is 1.13. The lowest BCUT2D eigenvalue weighted by Crippen LogP contribution is -2.46. The van der Waals surface area contributed by atoms with E-state index in [9.17, 15) is 24.9 Å². The summed E-state index contributed by atoms with van der Waals surface area (Å²) in [7, 11) is 0.